The summed E-state index contributed by atoms with van der Waals surface area (Å²) < 4.78 is 0. The fourth-order valence-corrected chi connectivity index (χ4v) is 1.57. The summed E-state index contributed by atoms with van der Waals surface area (Å²) in [7, 11) is 0. The molecule has 0 amide bonds. The van der Waals surface area contributed by atoms with Crippen LogP contribution in [-0.4, -0.2) is 18.1 Å². The number of nitrogens with zero attached hydrogens (tertiary/aromatic N) is 1. The standard InChI is InChI=1S/C12H28N2/c1-3-5-7-8-9-10-12-14(13)11-6-4-2/h3-13H2,1-2H3. The Hall–Kier alpha value is -0.0800. The molecule has 14 heavy (non-hydrogen) atoms. The van der Waals surface area contributed by atoms with Gasteiger partial charge in [-0.05, 0) is 12.8 Å². The summed E-state index contributed by atoms with van der Waals surface area (Å²) in [5.74, 6) is 5.83. The van der Waals surface area contributed by atoms with Crippen LogP contribution in [0.25, 0.3) is 0 Å². The summed E-state index contributed by atoms with van der Waals surface area (Å²) in [4.78, 5) is 0. The first-order valence-electron chi connectivity index (χ1n) is 6.30. The number of unbranched alkanes of at least 4 members (excludes halogenated alkanes) is 6. The largest absolute Gasteiger partial charge is 0.269 e. The Bertz CT molecular complexity index is 104. The van der Waals surface area contributed by atoms with Crippen molar-refractivity contribution in [1.29, 1.82) is 0 Å². The van der Waals surface area contributed by atoms with E-state index < -0.39 is 0 Å². The predicted molar refractivity (Wildman–Crippen MR) is 64.0 cm³/mol. The van der Waals surface area contributed by atoms with Gasteiger partial charge >= 0.3 is 0 Å². The van der Waals surface area contributed by atoms with Gasteiger partial charge in [-0.15, -0.1) is 0 Å². The van der Waals surface area contributed by atoms with Gasteiger partial charge in [-0.1, -0.05) is 52.4 Å². The number of hydrazine groups is 1. The van der Waals surface area contributed by atoms with E-state index in [9.17, 15) is 0 Å². The summed E-state index contributed by atoms with van der Waals surface area (Å²) in [5, 5.41) is 1.98. The van der Waals surface area contributed by atoms with Gasteiger partial charge in [-0.2, -0.15) is 0 Å². The highest BCUT2D eigenvalue weighted by atomic mass is 15.4. The molecule has 0 bridgehead atoms. The lowest BCUT2D eigenvalue weighted by Gasteiger charge is -2.15. The molecule has 2 heteroatoms. The Morgan fingerprint density at radius 3 is 1.86 bits per heavy atom. The van der Waals surface area contributed by atoms with Gasteiger partial charge < -0.3 is 0 Å². The minimum Gasteiger partial charge on any atom is -0.269 e. The molecule has 0 unspecified atom stereocenters. The summed E-state index contributed by atoms with van der Waals surface area (Å²) in [6.07, 6.45) is 10.6. The van der Waals surface area contributed by atoms with Crippen molar-refractivity contribution in [2.45, 2.75) is 65.2 Å². The van der Waals surface area contributed by atoms with Crippen molar-refractivity contribution in [3.05, 3.63) is 0 Å². The maximum absolute atomic E-state index is 5.83. The molecule has 0 aliphatic rings. The van der Waals surface area contributed by atoms with Gasteiger partial charge in [0.1, 0.15) is 0 Å². The van der Waals surface area contributed by atoms with E-state index >= 15 is 0 Å². The molecule has 0 fully saturated rings. The lowest BCUT2D eigenvalue weighted by molar-refractivity contribution is 0.271. The monoisotopic (exact) mass is 200 g/mol. The Labute approximate surface area is 89.8 Å². The van der Waals surface area contributed by atoms with Gasteiger partial charge in [0, 0.05) is 13.1 Å². The predicted octanol–water partition coefficient (Wildman–Crippen LogP) is 3.32. The lowest BCUT2D eigenvalue weighted by atomic mass is 10.1. The van der Waals surface area contributed by atoms with E-state index in [2.05, 4.69) is 13.8 Å². The molecule has 0 heterocycles. The zero-order chi connectivity index (χ0) is 10.6. The topological polar surface area (TPSA) is 29.3 Å². The van der Waals surface area contributed by atoms with E-state index in [1.165, 1.54) is 51.4 Å². The third-order valence-electron chi connectivity index (χ3n) is 2.60. The highest BCUT2D eigenvalue weighted by Gasteiger charge is 1.97. The SMILES string of the molecule is CCCCCCCCN(N)CCCC. The molecule has 0 saturated heterocycles. The van der Waals surface area contributed by atoms with Crippen LogP contribution in [0, 0.1) is 0 Å². The fraction of sp³-hybridized carbons (Fsp3) is 1.00. The minimum atomic E-state index is 1.06. The molecule has 0 rings (SSSR count). The molecule has 0 aliphatic heterocycles. The van der Waals surface area contributed by atoms with Gasteiger partial charge in [0.2, 0.25) is 0 Å². The summed E-state index contributed by atoms with van der Waals surface area (Å²) in [6.45, 7) is 6.60. The Morgan fingerprint density at radius 2 is 1.21 bits per heavy atom. The molecule has 0 aliphatic carbocycles. The molecule has 0 aromatic heterocycles. The highest BCUT2D eigenvalue weighted by Crippen LogP contribution is 2.05. The average Bonchev–Trinajstić information content (AvgIpc) is 2.20. The van der Waals surface area contributed by atoms with Crippen LogP contribution in [0.15, 0.2) is 0 Å². The summed E-state index contributed by atoms with van der Waals surface area (Å²) in [6, 6.07) is 0. The van der Waals surface area contributed by atoms with E-state index in [0.717, 1.165) is 13.1 Å². The van der Waals surface area contributed by atoms with Gasteiger partial charge in [-0.3, -0.25) is 5.84 Å². The number of rotatable bonds is 10. The van der Waals surface area contributed by atoms with Crippen LogP contribution < -0.4 is 5.84 Å². The van der Waals surface area contributed by atoms with Gasteiger partial charge in [0.25, 0.3) is 0 Å². The van der Waals surface area contributed by atoms with Gasteiger partial charge in [0.05, 0.1) is 0 Å². The minimum absolute atomic E-state index is 1.06. The molecule has 86 valence electrons. The molecule has 0 atom stereocenters. The number of hydrogen-bond acceptors (Lipinski definition) is 2. The van der Waals surface area contributed by atoms with E-state index in [0.29, 0.717) is 0 Å². The van der Waals surface area contributed by atoms with E-state index in [4.69, 9.17) is 5.84 Å². The van der Waals surface area contributed by atoms with Crippen molar-refractivity contribution in [2.75, 3.05) is 13.1 Å². The fourth-order valence-electron chi connectivity index (χ4n) is 1.57. The van der Waals surface area contributed by atoms with Crippen molar-refractivity contribution in [1.82, 2.24) is 5.01 Å². The van der Waals surface area contributed by atoms with E-state index in [-0.39, 0.29) is 0 Å². The smallest absolute Gasteiger partial charge is 0.0128 e. The summed E-state index contributed by atoms with van der Waals surface area (Å²) in [5.41, 5.74) is 0. The molecule has 0 radical (unpaired) electrons. The Balaban J connectivity index is 3.02. The van der Waals surface area contributed by atoms with Crippen molar-refractivity contribution in [3.63, 3.8) is 0 Å². The van der Waals surface area contributed by atoms with Crippen LogP contribution in [0.4, 0.5) is 0 Å². The van der Waals surface area contributed by atoms with Crippen molar-refractivity contribution in [2.24, 2.45) is 5.84 Å². The Kier molecular flexibility index (Phi) is 10.9. The molecular weight excluding hydrogens is 172 g/mol. The lowest BCUT2D eigenvalue weighted by Crippen LogP contribution is -2.32. The van der Waals surface area contributed by atoms with Gasteiger partial charge in [0.15, 0.2) is 0 Å². The zero-order valence-corrected chi connectivity index (χ0v) is 10.1. The van der Waals surface area contributed by atoms with E-state index in [1.807, 2.05) is 5.01 Å². The molecule has 0 saturated carbocycles. The van der Waals surface area contributed by atoms with Crippen molar-refractivity contribution < 1.29 is 0 Å². The van der Waals surface area contributed by atoms with Crippen LogP contribution in [0.2, 0.25) is 0 Å². The molecule has 0 aromatic carbocycles. The first-order chi connectivity index (χ1) is 6.81. The second-order valence-electron chi connectivity index (χ2n) is 4.16. The van der Waals surface area contributed by atoms with Crippen molar-refractivity contribution in [3.8, 4) is 0 Å². The molecule has 0 aromatic rings. The molecule has 2 nitrogen and oxygen atoms in total. The quantitative estimate of drug-likeness (QED) is 0.333. The molecule has 2 N–H and O–H groups in total. The Morgan fingerprint density at radius 1 is 0.714 bits per heavy atom. The van der Waals surface area contributed by atoms with E-state index in [1.54, 1.807) is 0 Å². The maximum atomic E-state index is 5.83. The van der Waals surface area contributed by atoms with Crippen LogP contribution in [0.3, 0.4) is 0 Å². The average molecular weight is 200 g/mol. The second-order valence-corrected chi connectivity index (χ2v) is 4.16. The maximum Gasteiger partial charge on any atom is 0.0128 e. The number of nitrogens with two attached hydrogens (primary N) is 1. The third kappa shape index (κ3) is 10.0. The van der Waals surface area contributed by atoms with Crippen LogP contribution in [0.1, 0.15) is 65.2 Å². The molecular formula is C12H28N2. The normalized spacial score (nSPS) is 11.1. The first-order valence-corrected chi connectivity index (χ1v) is 6.30. The van der Waals surface area contributed by atoms with Crippen LogP contribution in [0.5, 0.6) is 0 Å². The van der Waals surface area contributed by atoms with Crippen LogP contribution in [-0.2, 0) is 0 Å². The summed E-state index contributed by atoms with van der Waals surface area (Å²) >= 11 is 0. The second kappa shape index (κ2) is 11.0. The zero-order valence-electron chi connectivity index (χ0n) is 10.1. The van der Waals surface area contributed by atoms with Crippen LogP contribution >= 0.6 is 0 Å². The highest BCUT2D eigenvalue weighted by molar-refractivity contribution is 4.50. The third-order valence-corrected chi connectivity index (χ3v) is 2.60. The van der Waals surface area contributed by atoms with Crippen molar-refractivity contribution >= 4 is 0 Å². The number of hydrogen-bond donors (Lipinski definition) is 1. The molecule has 0 spiro atoms. The van der Waals surface area contributed by atoms with Gasteiger partial charge in [-0.25, -0.2) is 5.01 Å². The first kappa shape index (κ1) is 13.9.